The van der Waals surface area contributed by atoms with Gasteiger partial charge in [0.25, 0.3) is 0 Å². The predicted octanol–water partition coefficient (Wildman–Crippen LogP) is 4.47. The fourth-order valence-electron chi connectivity index (χ4n) is 3.42. The lowest BCUT2D eigenvalue weighted by Gasteiger charge is -2.24. The quantitative estimate of drug-likeness (QED) is 0.368. The normalized spacial score (nSPS) is 15.8. The molecule has 1 aliphatic heterocycles. The van der Waals surface area contributed by atoms with Crippen LogP contribution in [0.15, 0.2) is 95.1 Å². The van der Waals surface area contributed by atoms with E-state index in [1.807, 2.05) is 24.3 Å². The lowest BCUT2D eigenvalue weighted by atomic mass is 9.98. The molecule has 0 aliphatic carbocycles. The number of nitrogens with one attached hydrogen (secondary N) is 2. The van der Waals surface area contributed by atoms with Crippen LogP contribution >= 0.6 is 12.2 Å². The molecule has 30 heavy (non-hydrogen) atoms. The molecule has 6 heteroatoms. The zero-order chi connectivity index (χ0) is 20.8. The number of hydrazone groups is 2. The van der Waals surface area contributed by atoms with E-state index in [1.54, 1.807) is 13.3 Å². The summed E-state index contributed by atoms with van der Waals surface area (Å²) in [5.41, 5.74) is 8.30. The Hall–Kier alpha value is -3.51. The molecular weight excluding hydrogens is 390 g/mol. The van der Waals surface area contributed by atoms with Crippen LogP contribution in [0.2, 0.25) is 0 Å². The van der Waals surface area contributed by atoms with Gasteiger partial charge >= 0.3 is 0 Å². The van der Waals surface area contributed by atoms with Gasteiger partial charge in [0.05, 0.1) is 23.7 Å². The van der Waals surface area contributed by atoms with Crippen molar-refractivity contribution in [2.24, 2.45) is 10.2 Å². The standard InChI is InChI=1S/C24H23N5S/c1-25-24(30)27-26-17-18-12-14-21(15-13-18)29-23(20-10-6-3-7-11-20)16-22(28-29)19-8-4-2-5-9-19/h2-15,17,23H,16H2,1H3,(H2,25,27,30)/b26-17-/t23-/m0/s1. The maximum atomic E-state index is 5.02. The molecule has 150 valence electrons. The summed E-state index contributed by atoms with van der Waals surface area (Å²) in [5.74, 6) is 0. The molecule has 1 atom stereocenters. The number of hydrogen-bond acceptors (Lipinski definition) is 4. The largest absolute Gasteiger partial charge is 0.364 e. The fourth-order valence-corrected chi connectivity index (χ4v) is 3.48. The molecule has 4 rings (SSSR count). The minimum atomic E-state index is 0.163. The molecule has 0 fully saturated rings. The molecule has 0 saturated carbocycles. The molecule has 1 aliphatic rings. The van der Waals surface area contributed by atoms with E-state index in [-0.39, 0.29) is 6.04 Å². The van der Waals surface area contributed by atoms with E-state index in [1.165, 1.54) is 5.56 Å². The summed E-state index contributed by atoms with van der Waals surface area (Å²) in [7, 11) is 1.75. The van der Waals surface area contributed by atoms with Crippen molar-refractivity contribution in [1.29, 1.82) is 0 Å². The van der Waals surface area contributed by atoms with Gasteiger partial charge in [0.2, 0.25) is 0 Å². The van der Waals surface area contributed by atoms with E-state index >= 15 is 0 Å². The molecule has 5 nitrogen and oxygen atoms in total. The molecular formula is C24H23N5S. The third kappa shape index (κ3) is 4.55. The van der Waals surface area contributed by atoms with Crippen LogP contribution in [0.4, 0.5) is 5.69 Å². The average Bonchev–Trinajstić information content (AvgIpc) is 3.26. The van der Waals surface area contributed by atoms with E-state index in [4.69, 9.17) is 17.3 Å². The Morgan fingerprint density at radius 2 is 1.67 bits per heavy atom. The van der Waals surface area contributed by atoms with Crippen LogP contribution in [0.1, 0.15) is 29.2 Å². The highest BCUT2D eigenvalue weighted by atomic mass is 32.1. The highest BCUT2D eigenvalue weighted by Gasteiger charge is 2.29. The van der Waals surface area contributed by atoms with Gasteiger partial charge in [0.15, 0.2) is 5.11 Å². The first-order valence-corrected chi connectivity index (χ1v) is 10.2. The van der Waals surface area contributed by atoms with Gasteiger partial charge in [-0.05, 0) is 41.0 Å². The number of thiocarbonyl (C=S) groups is 1. The van der Waals surface area contributed by atoms with Crippen molar-refractivity contribution in [2.45, 2.75) is 12.5 Å². The van der Waals surface area contributed by atoms with Gasteiger partial charge in [-0.2, -0.15) is 10.2 Å². The Balaban J connectivity index is 1.60. The van der Waals surface area contributed by atoms with Gasteiger partial charge < -0.3 is 5.32 Å². The zero-order valence-electron chi connectivity index (χ0n) is 16.7. The van der Waals surface area contributed by atoms with E-state index in [2.05, 4.69) is 81.5 Å². The minimum Gasteiger partial charge on any atom is -0.364 e. The molecule has 0 radical (unpaired) electrons. The second-order valence-corrected chi connectivity index (χ2v) is 7.34. The van der Waals surface area contributed by atoms with Crippen molar-refractivity contribution in [3.63, 3.8) is 0 Å². The van der Waals surface area contributed by atoms with E-state index in [9.17, 15) is 0 Å². The van der Waals surface area contributed by atoms with Gasteiger partial charge in [0, 0.05) is 13.5 Å². The van der Waals surface area contributed by atoms with Gasteiger partial charge in [-0.3, -0.25) is 10.4 Å². The molecule has 1 heterocycles. The molecule has 3 aromatic rings. The van der Waals surface area contributed by atoms with Crippen molar-refractivity contribution in [2.75, 3.05) is 12.1 Å². The summed E-state index contributed by atoms with van der Waals surface area (Å²) in [6.45, 7) is 0. The third-order valence-corrected chi connectivity index (χ3v) is 5.26. The number of nitrogens with zero attached hydrogens (tertiary/aromatic N) is 3. The van der Waals surface area contributed by atoms with Gasteiger partial charge in [0.1, 0.15) is 0 Å². The van der Waals surface area contributed by atoms with Crippen LogP contribution in [0, 0.1) is 0 Å². The number of rotatable bonds is 5. The molecule has 0 unspecified atom stereocenters. The van der Waals surface area contributed by atoms with Crippen LogP contribution in [-0.2, 0) is 0 Å². The lowest BCUT2D eigenvalue weighted by molar-refractivity contribution is 0.709. The summed E-state index contributed by atoms with van der Waals surface area (Å²) < 4.78 is 0. The summed E-state index contributed by atoms with van der Waals surface area (Å²) in [5, 5.41) is 14.5. The van der Waals surface area contributed by atoms with Crippen molar-refractivity contribution in [3.8, 4) is 0 Å². The monoisotopic (exact) mass is 413 g/mol. The first-order valence-electron chi connectivity index (χ1n) is 9.82. The maximum absolute atomic E-state index is 5.02. The molecule has 0 bridgehead atoms. The highest BCUT2D eigenvalue weighted by molar-refractivity contribution is 7.80. The number of anilines is 1. The second-order valence-electron chi connectivity index (χ2n) is 6.93. The van der Waals surface area contributed by atoms with Crippen molar-refractivity contribution in [3.05, 3.63) is 102 Å². The Morgan fingerprint density at radius 1 is 1.00 bits per heavy atom. The van der Waals surface area contributed by atoms with E-state index in [0.29, 0.717) is 5.11 Å². The molecule has 0 amide bonds. The van der Waals surface area contributed by atoms with E-state index < -0.39 is 0 Å². The first kappa shape index (κ1) is 19.8. The molecule has 0 spiro atoms. The zero-order valence-corrected chi connectivity index (χ0v) is 17.5. The number of benzene rings is 3. The van der Waals surface area contributed by atoms with Crippen LogP contribution in [-0.4, -0.2) is 24.1 Å². The van der Waals surface area contributed by atoms with Crippen LogP contribution in [0.25, 0.3) is 0 Å². The molecule has 3 aromatic carbocycles. The Kier molecular flexibility index (Phi) is 6.15. The Bertz CT molecular complexity index is 1050. The third-order valence-electron chi connectivity index (χ3n) is 4.97. The van der Waals surface area contributed by atoms with Crippen LogP contribution < -0.4 is 15.8 Å². The Morgan fingerprint density at radius 3 is 2.33 bits per heavy atom. The van der Waals surface area contributed by atoms with E-state index in [0.717, 1.165) is 28.9 Å². The first-order chi connectivity index (χ1) is 14.7. The highest BCUT2D eigenvalue weighted by Crippen LogP contribution is 2.36. The average molecular weight is 414 g/mol. The summed E-state index contributed by atoms with van der Waals surface area (Å²) in [4.78, 5) is 0. The Labute approximate surface area is 182 Å². The summed E-state index contributed by atoms with van der Waals surface area (Å²) in [6.07, 6.45) is 2.60. The SMILES string of the molecule is CNC(=S)N/N=C\c1ccc(N2N=C(c3ccccc3)C[C@H]2c2ccccc2)cc1. The smallest absolute Gasteiger partial charge is 0.186 e. The maximum Gasteiger partial charge on any atom is 0.186 e. The molecule has 2 N–H and O–H groups in total. The number of hydrogen-bond donors (Lipinski definition) is 2. The van der Waals surface area contributed by atoms with Gasteiger partial charge in [-0.15, -0.1) is 0 Å². The predicted molar refractivity (Wildman–Crippen MR) is 128 cm³/mol. The summed E-state index contributed by atoms with van der Waals surface area (Å²) >= 11 is 5.02. The van der Waals surface area contributed by atoms with Crippen molar-refractivity contribution < 1.29 is 0 Å². The lowest BCUT2D eigenvalue weighted by Crippen LogP contribution is -2.28. The second kappa shape index (κ2) is 9.33. The topological polar surface area (TPSA) is 52.0 Å². The summed E-state index contributed by atoms with van der Waals surface area (Å²) in [6, 6.07) is 29.3. The minimum absolute atomic E-state index is 0.163. The van der Waals surface area contributed by atoms with Gasteiger partial charge in [-0.25, -0.2) is 0 Å². The molecule has 0 aromatic heterocycles. The molecule has 0 saturated heterocycles. The van der Waals surface area contributed by atoms with Crippen LogP contribution in [0.3, 0.4) is 0 Å². The van der Waals surface area contributed by atoms with Crippen LogP contribution in [0.5, 0.6) is 0 Å². The fraction of sp³-hybridized carbons (Fsp3) is 0.125. The van der Waals surface area contributed by atoms with Gasteiger partial charge in [-0.1, -0.05) is 72.8 Å². The van der Waals surface area contributed by atoms with Crippen molar-refractivity contribution >= 4 is 34.9 Å². The van der Waals surface area contributed by atoms with Crippen molar-refractivity contribution in [1.82, 2.24) is 10.7 Å².